The van der Waals surface area contributed by atoms with E-state index in [1.807, 2.05) is 19.1 Å². The van der Waals surface area contributed by atoms with Crippen molar-refractivity contribution in [1.29, 1.82) is 0 Å². The molecule has 1 aromatic rings. The van der Waals surface area contributed by atoms with E-state index in [4.69, 9.17) is 21.4 Å². The first-order chi connectivity index (χ1) is 10.7. The molecule has 0 unspecified atom stereocenters. The average molecular weight is 338 g/mol. The zero-order chi connectivity index (χ0) is 15.5. The molecule has 2 aliphatic rings. The number of anilines is 1. The zero-order valence-corrected chi connectivity index (χ0v) is 14.0. The molecular formula is C15H18N2O3S2. The summed E-state index contributed by atoms with van der Waals surface area (Å²) in [6.07, 6.45) is 2.67. The predicted molar refractivity (Wildman–Crippen MR) is 91.9 cm³/mol. The van der Waals surface area contributed by atoms with Crippen molar-refractivity contribution >= 4 is 46.2 Å². The van der Waals surface area contributed by atoms with Gasteiger partial charge in [-0.1, -0.05) is 30.9 Å². The normalized spacial score (nSPS) is 21.2. The summed E-state index contributed by atoms with van der Waals surface area (Å²) in [6.45, 7) is 5.77. The molecule has 0 bridgehead atoms. The van der Waals surface area contributed by atoms with Crippen LogP contribution >= 0.6 is 24.0 Å². The van der Waals surface area contributed by atoms with E-state index in [0.717, 1.165) is 25.4 Å². The van der Waals surface area contributed by atoms with Crippen molar-refractivity contribution in [1.82, 2.24) is 4.90 Å². The average Bonchev–Trinajstić information content (AvgIpc) is 3.09. The van der Waals surface area contributed by atoms with Gasteiger partial charge in [-0.15, -0.1) is 0 Å². The van der Waals surface area contributed by atoms with Crippen molar-refractivity contribution < 1.29 is 13.9 Å². The molecule has 3 rings (SSSR count). The molecule has 0 N–H and O–H groups in total. The van der Waals surface area contributed by atoms with Crippen molar-refractivity contribution in [2.45, 2.75) is 13.3 Å². The monoisotopic (exact) mass is 338 g/mol. The van der Waals surface area contributed by atoms with Gasteiger partial charge in [0.15, 0.2) is 5.88 Å². The maximum atomic E-state index is 12.3. The molecule has 7 heteroatoms. The van der Waals surface area contributed by atoms with E-state index in [2.05, 4.69) is 4.90 Å². The van der Waals surface area contributed by atoms with Crippen LogP contribution in [-0.4, -0.2) is 48.0 Å². The van der Waals surface area contributed by atoms with Crippen LogP contribution in [0.5, 0.6) is 0 Å². The van der Waals surface area contributed by atoms with E-state index in [9.17, 15) is 4.79 Å². The largest absolute Gasteiger partial charge is 0.441 e. The Morgan fingerprint density at radius 1 is 1.36 bits per heavy atom. The summed E-state index contributed by atoms with van der Waals surface area (Å²) in [5.74, 6) is 1.47. The fraction of sp³-hybridized carbons (Fsp3) is 0.467. The number of nitrogens with zero attached hydrogens (tertiary/aromatic N) is 2. The molecule has 2 fully saturated rings. The molecule has 2 saturated heterocycles. The van der Waals surface area contributed by atoms with Crippen LogP contribution in [0.25, 0.3) is 6.08 Å². The fourth-order valence-electron chi connectivity index (χ4n) is 2.42. The van der Waals surface area contributed by atoms with Gasteiger partial charge >= 0.3 is 0 Å². The summed E-state index contributed by atoms with van der Waals surface area (Å²) in [4.78, 5) is 16.7. The second-order valence-corrected chi connectivity index (χ2v) is 6.78. The first-order valence-corrected chi connectivity index (χ1v) is 8.59. The minimum Gasteiger partial charge on any atom is -0.441 e. The van der Waals surface area contributed by atoms with E-state index in [-0.39, 0.29) is 5.91 Å². The quantitative estimate of drug-likeness (QED) is 0.621. The van der Waals surface area contributed by atoms with Crippen LogP contribution in [0.15, 0.2) is 21.5 Å². The van der Waals surface area contributed by atoms with Gasteiger partial charge in [-0.3, -0.25) is 9.69 Å². The van der Waals surface area contributed by atoms with E-state index in [1.165, 1.54) is 11.8 Å². The van der Waals surface area contributed by atoms with Gasteiger partial charge in [0.25, 0.3) is 5.91 Å². The van der Waals surface area contributed by atoms with Crippen molar-refractivity contribution in [3.8, 4) is 0 Å². The molecule has 118 valence electrons. The van der Waals surface area contributed by atoms with Gasteiger partial charge in [-0.05, 0) is 12.5 Å². The molecule has 1 amide bonds. The Labute approximate surface area is 139 Å². The summed E-state index contributed by atoms with van der Waals surface area (Å²) in [5.41, 5.74) is 0. The lowest BCUT2D eigenvalue weighted by atomic mass is 10.3. The molecule has 5 nitrogen and oxygen atoms in total. The fourth-order valence-corrected chi connectivity index (χ4v) is 3.71. The van der Waals surface area contributed by atoms with Crippen molar-refractivity contribution in [3.63, 3.8) is 0 Å². The lowest BCUT2D eigenvalue weighted by molar-refractivity contribution is -0.122. The number of hydrogen-bond acceptors (Lipinski definition) is 6. The molecule has 0 aromatic carbocycles. The maximum absolute atomic E-state index is 12.3. The predicted octanol–water partition coefficient (Wildman–Crippen LogP) is 2.73. The van der Waals surface area contributed by atoms with Crippen LogP contribution in [0.2, 0.25) is 0 Å². The molecule has 0 radical (unpaired) electrons. The van der Waals surface area contributed by atoms with E-state index in [0.29, 0.717) is 34.7 Å². The number of thioether (sulfide) groups is 1. The lowest BCUT2D eigenvalue weighted by Crippen LogP contribution is -2.35. The third kappa shape index (κ3) is 3.21. The van der Waals surface area contributed by atoms with Crippen molar-refractivity contribution in [2.24, 2.45) is 0 Å². The van der Waals surface area contributed by atoms with Gasteiger partial charge in [0.05, 0.1) is 18.1 Å². The third-order valence-electron chi connectivity index (χ3n) is 3.53. The Kier molecular flexibility index (Phi) is 4.85. The molecule has 0 saturated carbocycles. The molecule has 3 heterocycles. The number of amides is 1. The number of rotatable bonds is 4. The van der Waals surface area contributed by atoms with Crippen LogP contribution < -0.4 is 4.90 Å². The topological polar surface area (TPSA) is 45.9 Å². The third-order valence-corrected chi connectivity index (χ3v) is 4.91. The van der Waals surface area contributed by atoms with Crippen molar-refractivity contribution in [3.05, 3.63) is 22.8 Å². The van der Waals surface area contributed by atoms with Crippen LogP contribution in [0.3, 0.4) is 0 Å². The Bertz CT molecular complexity index is 606. The molecule has 1 aromatic heterocycles. The van der Waals surface area contributed by atoms with Crippen LogP contribution in [-0.2, 0) is 9.53 Å². The van der Waals surface area contributed by atoms with Gasteiger partial charge in [0.2, 0.25) is 0 Å². The highest BCUT2D eigenvalue weighted by molar-refractivity contribution is 8.26. The van der Waals surface area contributed by atoms with Crippen LogP contribution in [0, 0.1) is 0 Å². The first kappa shape index (κ1) is 15.6. The Balaban J connectivity index is 1.74. The highest BCUT2D eigenvalue weighted by Gasteiger charge is 2.31. The van der Waals surface area contributed by atoms with Crippen molar-refractivity contribution in [2.75, 3.05) is 37.7 Å². The van der Waals surface area contributed by atoms with Gasteiger partial charge in [0.1, 0.15) is 10.1 Å². The lowest BCUT2D eigenvalue weighted by Gasteiger charge is -2.26. The molecule has 0 spiro atoms. The number of furan rings is 1. The summed E-state index contributed by atoms with van der Waals surface area (Å²) in [6, 6.07) is 3.82. The second-order valence-electron chi connectivity index (χ2n) is 5.11. The molecule has 22 heavy (non-hydrogen) atoms. The highest BCUT2D eigenvalue weighted by atomic mass is 32.2. The number of ether oxygens (including phenoxy) is 1. The van der Waals surface area contributed by atoms with Gasteiger partial charge in [0, 0.05) is 31.8 Å². The molecule has 0 aliphatic carbocycles. The van der Waals surface area contributed by atoms with Gasteiger partial charge in [-0.2, -0.15) is 0 Å². The molecule has 0 atom stereocenters. The number of carbonyl (C=O) groups excluding carboxylic acids is 1. The maximum Gasteiger partial charge on any atom is 0.266 e. The summed E-state index contributed by atoms with van der Waals surface area (Å²) in [7, 11) is 0. The minimum atomic E-state index is -0.0267. The first-order valence-electron chi connectivity index (χ1n) is 7.37. The van der Waals surface area contributed by atoms with E-state index >= 15 is 0 Å². The Hall–Kier alpha value is -1.31. The number of carbonyl (C=O) groups is 1. The number of morpholine rings is 1. The van der Waals surface area contributed by atoms with Gasteiger partial charge in [-0.25, -0.2) is 0 Å². The summed E-state index contributed by atoms with van der Waals surface area (Å²) >= 11 is 6.60. The highest BCUT2D eigenvalue weighted by Crippen LogP contribution is 2.33. The van der Waals surface area contributed by atoms with E-state index < -0.39 is 0 Å². The SMILES string of the molecule is CCCN1C(=O)/C(=C/c2ccc(N3CCOCC3)o2)SC1=S. The standard InChI is InChI=1S/C15H18N2O3S2/c1-2-5-17-14(18)12(22-15(17)21)10-11-3-4-13(20-11)16-6-8-19-9-7-16/h3-4,10H,2,5-9H2,1H3/b12-10-. The van der Waals surface area contributed by atoms with Crippen LogP contribution in [0.4, 0.5) is 5.88 Å². The number of thiocarbonyl (C=S) groups is 1. The Morgan fingerprint density at radius 2 is 2.14 bits per heavy atom. The smallest absolute Gasteiger partial charge is 0.266 e. The van der Waals surface area contributed by atoms with Crippen LogP contribution in [0.1, 0.15) is 19.1 Å². The van der Waals surface area contributed by atoms with Gasteiger partial charge < -0.3 is 14.1 Å². The zero-order valence-electron chi connectivity index (χ0n) is 12.4. The minimum absolute atomic E-state index is 0.0267. The Morgan fingerprint density at radius 3 is 2.86 bits per heavy atom. The van der Waals surface area contributed by atoms with E-state index in [1.54, 1.807) is 11.0 Å². The summed E-state index contributed by atoms with van der Waals surface area (Å²) < 4.78 is 11.8. The second kappa shape index (κ2) is 6.85. The number of hydrogen-bond donors (Lipinski definition) is 0. The molecular weight excluding hydrogens is 320 g/mol. The summed E-state index contributed by atoms with van der Waals surface area (Å²) in [5, 5.41) is 0. The molecule has 2 aliphatic heterocycles.